The second kappa shape index (κ2) is 7.02. The van der Waals surface area contributed by atoms with E-state index in [0.29, 0.717) is 27.9 Å². The molecule has 0 aliphatic carbocycles. The summed E-state index contributed by atoms with van der Waals surface area (Å²) in [6, 6.07) is 17.8. The van der Waals surface area contributed by atoms with Gasteiger partial charge < -0.3 is 9.84 Å². The van der Waals surface area contributed by atoms with Crippen LogP contribution in [0.5, 0.6) is 0 Å². The second-order valence-corrected chi connectivity index (χ2v) is 6.79. The lowest BCUT2D eigenvalue weighted by Gasteiger charge is -2.41. The Morgan fingerprint density at radius 1 is 1.15 bits per heavy atom. The van der Waals surface area contributed by atoms with Gasteiger partial charge in [-0.05, 0) is 37.3 Å². The van der Waals surface area contributed by atoms with Gasteiger partial charge >= 0.3 is 6.03 Å². The minimum absolute atomic E-state index is 0.285. The Hall–Kier alpha value is -2.90. The average molecular weight is 399 g/mol. The van der Waals surface area contributed by atoms with Crippen LogP contribution in [-0.4, -0.2) is 16.3 Å². The highest BCUT2D eigenvalue weighted by Gasteiger charge is 2.41. The van der Waals surface area contributed by atoms with Crippen molar-refractivity contribution < 1.29 is 9.32 Å². The molecule has 2 aromatic carbocycles. The first-order chi connectivity index (χ1) is 13.1. The number of urea groups is 1. The largest absolute Gasteiger partial charge is 0.360 e. The number of anilines is 2. The van der Waals surface area contributed by atoms with Gasteiger partial charge in [-0.15, -0.1) is 0 Å². The number of amides is 2. The molecule has 1 aliphatic rings. The highest BCUT2D eigenvalue weighted by atomic mass is 35.5. The van der Waals surface area contributed by atoms with Crippen LogP contribution in [0.3, 0.4) is 0 Å². The lowest BCUT2D eigenvalue weighted by Crippen LogP contribution is -2.61. The summed E-state index contributed by atoms with van der Waals surface area (Å²) in [6.45, 7) is 1.77. The standard InChI is InChI=1S/C19H15ClN4O2S/c1-12-11-16(22-26-12)24-17(14-9-5-6-10-15(14)20)21-18(27)23(19(24)25)13-7-3-2-4-8-13/h2-11,17H,1H3,(H,21,27). The van der Waals surface area contributed by atoms with Gasteiger partial charge in [0.05, 0.1) is 5.69 Å². The topological polar surface area (TPSA) is 61.6 Å². The first-order valence-electron chi connectivity index (χ1n) is 8.23. The van der Waals surface area contributed by atoms with Crippen molar-refractivity contribution in [1.82, 2.24) is 10.5 Å². The summed E-state index contributed by atoms with van der Waals surface area (Å²) in [5.74, 6) is 0.966. The van der Waals surface area contributed by atoms with Crippen molar-refractivity contribution in [3.05, 3.63) is 77.0 Å². The van der Waals surface area contributed by atoms with Crippen molar-refractivity contribution in [2.24, 2.45) is 0 Å². The predicted molar refractivity (Wildman–Crippen MR) is 108 cm³/mol. The van der Waals surface area contributed by atoms with E-state index < -0.39 is 6.17 Å². The Morgan fingerprint density at radius 2 is 1.85 bits per heavy atom. The van der Waals surface area contributed by atoms with Crippen molar-refractivity contribution in [2.75, 3.05) is 9.80 Å². The SMILES string of the molecule is Cc1cc(N2C(=O)N(c3ccccc3)C(=S)NC2c2ccccc2Cl)no1. The summed E-state index contributed by atoms with van der Waals surface area (Å²) in [5, 5.41) is 8.03. The molecule has 1 N–H and O–H groups in total. The zero-order chi connectivity index (χ0) is 19.0. The van der Waals surface area contributed by atoms with Crippen molar-refractivity contribution >= 4 is 46.5 Å². The quantitative estimate of drug-likeness (QED) is 0.650. The zero-order valence-electron chi connectivity index (χ0n) is 14.3. The molecule has 0 bridgehead atoms. The van der Waals surface area contributed by atoms with E-state index in [1.807, 2.05) is 48.5 Å². The molecule has 4 rings (SSSR count). The number of rotatable bonds is 3. The molecule has 27 heavy (non-hydrogen) atoms. The number of nitrogens with one attached hydrogen (secondary N) is 1. The van der Waals surface area contributed by atoms with E-state index in [1.165, 1.54) is 9.80 Å². The predicted octanol–water partition coefficient (Wildman–Crippen LogP) is 4.66. The molecule has 1 atom stereocenters. The molecule has 0 saturated carbocycles. The fraction of sp³-hybridized carbons (Fsp3) is 0.105. The molecule has 1 saturated heterocycles. The Morgan fingerprint density at radius 3 is 2.52 bits per heavy atom. The maximum atomic E-state index is 13.4. The van der Waals surface area contributed by atoms with E-state index in [0.717, 1.165) is 0 Å². The Bertz CT molecular complexity index is 1010. The van der Waals surface area contributed by atoms with Crippen LogP contribution < -0.4 is 15.1 Å². The van der Waals surface area contributed by atoms with Crippen LogP contribution in [-0.2, 0) is 0 Å². The molecule has 1 unspecified atom stereocenters. The number of thiocarbonyl (C=S) groups is 1. The molecule has 3 aromatic rings. The second-order valence-electron chi connectivity index (χ2n) is 5.99. The summed E-state index contributed by atoms with van der Waals surface area (Å²) in [7, 11) is 0. The van der Waals surface area contributed by atoms with E-state index in [9.17, 15) is 4.79 Å². The number of aromatic nitrogens is 1. The summed E-state index contributed by atoms with van der Waals surface area (Å²) in [4.78, 5) is 16.4. The van der Waals surface area contributed by atoms with Crippen LogP contribution in [0.4, 0.5) is 16.3 Å². The highest BCUT2D eigenvalue weighted by molar-refractivity contribution is 7.80. The Kier molecular flexibility index (Phi) is 4.55. The first-order valence-corrected chi connectivity index (χ1v) is 9.01. The summed E-state index contributed by atoms with van der Waals surface area (Å²) >= 11 is 11.9. The van der Waals surface area contributed by atoms with E-state index >= 15 is 0 Å². The van der Waals surface area contributed by atoms with Crippen molar-refractivity contribution in [3.8, 4) is 0 Å². The monoisotopic (exact) mass is 398 g/mol. The molecule has 2 amide bonds. The van der Waals surface area contributed by atoms with Gasteiger partial charge in [0.15, 0.2) is 10.9 Å². The third-order valence-electron chi connectivity index (χ3n) is 4.20. The molecule has 1 aromatic heterocycles. The van der Waals surface area contributed by atoms with E-state index in [1.54, 1.807) is 19.1 Å². The summed E-state index contributed by atoms with van der Waals surface area (Å²) in [5.41, 5.74) is 1.37. The van der Waals surface area contributed by atoms with Crippen LogP contribution in [0, 0.1) is 6.92 Å². The minimum Gasteiger partial charge on any atom is -0.360 e. The summed E-state index contributed by atoms with van der Waals surface area (Å²) in [6.07, 6.45) is -0.608. The molecule has 0 radical (unpaired) electrons. The van der Waals surface area contributed by atoms with Crippen LogP contribution in [0.1, 0.15) is 17.5 Å². The van der Waals surface area contributed by atoms with Crippen LogP contribution in [0.25, 0.3) is 0 Å². The number of hydrogen-bond donors (Lipinski definition) is 1. The smallest absolute Gasteiger partial charge is 0.338 e. The average Bonchev–Trinajstić information content (AvgIpc) is 3.08. The van der Waals surface area contributed by atoms with Gasteiger partial charge in [0, 0.05) is 16.7 Å². The zero-order valence-corrected chi connectivity index (χ0v) is 15.9. The molecule has 1 fully saturated rings. The Balaban J connectivity index is 1.82. The van der Waals surface area contributed by atoms with Crippen molar-refractivity contribution in [2.45, 2.75) is 13.1 Å². The lowest BCUT2D eigenvalue weighted by molar-refractivity contribution is 0.248. The van der Waals surface area contributed by atoms with Gasteiger partial charge in [-0.25, -0.2) is 14.6 Å². The normalized spacial score (nSPS) is 17.2. The number of halogens is 1. The minimum atomic E-state index is -0.608. The van der Waals surface area contributed by atoms with Crippen molar-refractivity contribution in [3.63, 3.8) is 0 Å². The molecule has 2 heterocycles. The molecule has 0 spiro atoms. The molecule has 8 heteroatoms. The number of carbonyl (C=O) groups is 1. The molecular weight excluding hydrogens is 384 g/mol. The van der Waals surface area contributed by atoms with Crippen LogP contribution in [0.2, 0.25) is 5.02 Å². The third kappa shape index (κ3) is 3.15. The van der Waals surface area contributed by atoms with Gasteiger partial charge in [-0.1, -0.05) is 53.2 Å². The van der Waals surface area contributed by atoms with Crippen LogP contribution >= 0.6 is 23.8 Å². The molecule has 136 valence electrons. The summed E-state index contributed by atoms with van der Waals surface area (Å²) < 4.78 is 5.19. The van der Waals surface area contributed by atoms with Gasteiger partial charge in [-0.3, -0.25) is 0 Å². The van der Waals surface area contributed by atoms with E-state index in [4.69, 9.17) is 28.3 Å². The van der Waals surface area contributed by atoms with E-state index in [-0.39, 0.29) is 11.1 Å². The van der Waals surface area contributed by atoms with Gasteiger partial charge in [-0.2, -0.15) is 0 Å². The Labute approximate surface area is 166 Å². The maximum absolute atomic E-state index is 13.4. The first kappa shape index (κ1) is 17.5. The maximum Gasteiger partial charge on any atom is 0.338 e. The van der Waals surface area contributed by atoms with Gasteiger partial charge in [0.25, 0.3) is 0 Å². The third-order valence-corrected chi connectivity index (χ3v) is 4.84. The number of nitrogens with zero attached hydrogens (tertiary/aromatic N) is 3. The van der Waals surface area contributed by atoms with Crippen LogP contribution in [0.15, 0.2) is 65.2 Å². The molecule has 1 aliphatic heterocycles. The number of para-hydroxylation sites is 1. The number of benzene rings is 2. The molecular formula is C19H15ClN4O2S. The lowest BCUT2D eigenvalue weighted by atomic mass is 10.1. The van der Waals surface area contributed by atoms with Gasteiger partial charge in [0.1, 0.15) is 11.9 Å². The fourth-order valence-electron chi connectivity index (χ4n) is 2.97. The van der Waals surface area contributed by atoms with E-state index in [2.05, 4.69) is 10.5 Å². The highest BCUT2D eigenvalue weighted by Crippen LogP contribution is 2.34. The number of aryl methyl sites for hydroxylation is 1. The van der Waals surface area contributed by atoms with Gasteiger partial charge in [0.2, 0.25) is 0 Å². The molecule has 6 nitrogen and oxygen atoms in total. The van der Waals surface area contributed by atoms with Crippen molar-refractivity contribution in [1.29, 1.82) is 0 Å². The fourth-order valence-corrected chi connectivity index (χ4v) is 3.50. The number of carbonyl (C=O) groups excluding carboxylic acids is 1. The number of hydrogen-bond acceptors (Lipinski definition) is 4.